The number of aromatic nitrogens is 3. The molecule has 2 aromatic carbocycles. The lowest BCUT2D eigenvalue weighted by Crippen LogP contribution is -2.17. The van der Waals surface area contributed by atoms with E-state index in [1.54, 1.807) is 13.3 Å². The average molecular weight is 472 g/mol. The second kappa shape index (κ2) is 10.3. The quantitative estimate of drug-likeness (QED) is 0.277. The fourth-order valence-electron chi connectivity index (χ4n) is 4.24. The van der Waals surface area contributed by atoms with E-state index in [4.69, 9.17) is 14.2 Å². The predicted octanol–water partition coefficient (Wildman–Crippen LogP) is 6.20. The lowest BCUT2D eigenvalue weighted by atomic mass is 9.81. The predicted molar refractivity (Wildman–Crippen MR) is 134 cm³/mol. The molecule has 1 saturated carbocycles. The van der Waals surface area contributed by atoms with Crippen molar-refractivity contribution in [2.24, 2.45) is 5.92 Å². The Bertz CT molecular complexity index is 1280. The standard InChI is InChI=1S/C28H29N3O4/c1-18(17-33-2)34-23-14-21(27-30-25-7-4-12-29-28(25)31-27)15-24(16-23)35-22-10-8-20(9-11-22)26(32)13-19-5-3-6-19/h4,7-12,14-16,18-19H,3,5-6,13,17H2,1-2H3,(H,29,30,31)/t18-/m0/s1. The molecule has 2 aromatic heterocycles. The second-order valence-electron chi connectivity index (χ2n) is 9.09. The first-order valence-electron chi connectivity index (χ1n) is 12.0. The molecule has 0 bridgehead atoms. The van der Waals surface area contributed by atoms with E-state index < -0.39 is 0 Å². The van der Waals surface area contributed by atoms with Gasteiger partial charge in [0.15, 0.2) is 11.4 Å². The summed E-state index contributed by atoms with van der Waals surface area (Å²) in [5, 5.41) is 0. The Morgan fingerprint density at radius 1 is 1.09 bits per heavy atom. The third kappa shape index (κ3) is 5.52. The number of benzene rings is 2. The number of rotatable bonds is 10. The van der Waals surface area contributed by atoms with E-state index in [0.717, 1.165) is 29.5 Å². The molecular formula is C28H29N3O4. The zero-order valence-corrected chi connectivity index (χ0v) is 20.0. The Morgan fingerprint density at radius 3 is 2.60 bits per heavy atom. The van der Waals surface area contributed by atoms with Gasteiger partial charge >= 0.3 is 0 Å². The number of ether oxygens (including phenoxy) is 3. The number of nitrogens with zero attached hydrogens (tertiary/aromatic N) is 2. The number of ketones is 1. The number of pyridine rings is 1. The summed E-state index contributed by atoms with van der Waals surface area (Å²) < 4.78 is 17.4. The van der Waals surface area contributed by atoms with E-state index >= 15 is 0 Å². The van der Waals surface area contributed by atoms with Gasteiger partial charge < -0.3 is 19.2 Å². The molecule has 0 unspecified atom stereocenters. The van der Waals surface area contributed by atoms with Crippen LogP contribution in [0.2, 0.25) is 0 Å². The number of imidazole rings is 1. The summed E-state index contributed by atoms with van der Waals surface area (Å²) in [6, 6.07) is 16.8. The van der Waals surface area contributed by atoms with Crippen molar-refractivity contribution in [1.82, 2.24) is 15.0 Å². The highest BCUT2D eigenvalue weighted by Gasteiger charge is 2.21. The first-order valence-corrected chi connectivity index (χ1v) is 12.0. The van der Waals surface area contributed by atoms with Gasteiger partial charge in [-0.15, -0.1) is 0 Å². The van der Waals surface area contributed by atoms with Crippen molar-refractivity contribution >= 4 is 16.9 Å². The van der Waals surface area contributed by atoms with Gasteiger partial charge in [0.1, 0.15) is 29.2 Å². The van der Waals surface area contributed by atoms with Crippen molar-refractivity contribution in [1.29, 1.82) is 0 Å². The van der Waals surface area contributed by atoms with Crippen LogP contribution in [-0.4, -0.2) is 40.6 Å². The summed E-state index contributed by atoms with van der Waals surface area (Å²) in [6.45, 7) is 2.41. The fraction of sp³-hybridized carbons (Fsp3) is 0.321. The maximum atomic E-state index is 12.5. The highest BCUT2D eigenvalue weighted by molar-refractivity contribution is 5.96. The van der Waals surface area contributed by atoms with Crippen molar-refractivity contribution in [3.05, 3.63) is 66.4 Å². The van der Waals surface area contributed by atoms with Gasteiger partial charge in [0.25, 0.3) is 0 Å². The summed E-state index contributed by atoms with van der Waals surface area (Å²) in [4.78, 5) is 24.7. The molecule has 7 nitrogen and oxygen atoms in total. The number of methoxy groups -OCH3 is 1. The molecule has 5 rings (SSSR count). The molecule has 0 spiro atoms. The van der Waals surface area contributed by atoms with Gasteiger partial charge in [-0.05, 0) is 61.4 Å². The summed E-state index contributed by atoms with van der Waals surface area (Å²) in [5.74, 6) is 3.31. The van der Waals surface area contributed by atoms with Crippen molar-refractivity contribution in [2.45, 2.75) is 38.7 Å². The maximum Gasteiger partial charge on any atom is 0.178 e. The number of hydrogen-bond donors (Lipinski definition) is 1. The normalized spacial score (nSPS) is 14.5. The smallest absolute Gasteiger partial charge is 0.178 e. The molecular weight excluding hydrogens is 442 g/mol. The fourth-order valence-corrected chi connectivity index (χ4v) is 4.24. The lowest BCUT2D eigenvalue weighted by molar-refractivity contribution is 0.0920. The van der Waals surface area contributed by atoms with Crippen LogP contribution in [0.25, 0.3) is 22.6 Å². The number of fused-ring (bicyclic) bond motifs is 1. The number of H-pyrrole nitrogens is 1. The van der Waals surface area contributed by atoms with Gasteiger partial charge in [-0.3, -0.25) is 4.79 Å². The zero-order chi connectivity index (χ0) is 24.2. The second-order valence-corrected chi connectivity index (χ2v) is 9.09. The molecule has 4 aromatic rings. The lowest BCUT2D eigenvalue weighted by Gasteiger charge is -2.24. The van der Waals surface area contributed by atoms with E-state index in [0.29, 0.717) is 47.7 Å². The summed E-state index contributed by atoms with van der Waals surface area (Å²) in [7, 11) is 1.65. The molecule has 2 heterocycles. The van der Waals surface area contributed by atoms with Gasteiger partial charge in [0, 0.05) is 36.9 Å². The Hall–Kier alpha value is -3.71. The Morgan fingerprint density at radius 2 is 1.89 bits per heavy atom. The molecule has 1 N–H and O–H groups in total. The third-order valence-corrected chi connectivity index (χ3v) is 6.26. The minimum absolute atomic E-state index is 0.138. The Balaban J connectivity index is 1.39. The Kier molecular flexibility index (Phi) is 6.77. The van der Waals surface area contributed by atoms with Crippen LogP contribution in [0, 0.1) is 5.92 Å². The molecule has 35 heavy (non-hydrogen) atoms. The van der Waals surface area contributed by atoms with Crippen molar-refractivity contribution < 1.29 is 19.0 Å². The summed E-state index contributed by atoms with van der Waals surface area (Å²) >= 11 is 0. The van der Waals surface area contributed by atoms with Crippen molar-refractivity contribution in [3.8, 4) is 28.6 Å². The van der Waals surface area contributed by atoms with E-state index in [1.807, 2.05) is 61.5 Å². The van der Waals surface area contributed by atoms with Crippen LogP contribution < -0.4 is 9.47 Å². The topological polar surface area (TPSA) is 86.3 Å². The largest absolute Gasteiger partial charge is 0.488 e. The van der Waals surface area contributed by atoms with E-state index in [1.165, 1.54) is 6.42 Å². The zero-order valence-electron chi connectivity index (χ0n) is 20.0. The molecule has 0 aliphatic heterocycles. The van der Waals surface area contributed by atoms with Gasteiger partial charge in [0.2, 0.25) is 0 Å². The number of carbonyl (C=O) groups is 1. The molecule has 0 saturated heterocycles. The minimum atomic E-state index is -0.138. The van der Waals surface area contributed by atoms with E-state index in [2.05, 4.69) is 15.0 Å². The van der Waals surface area contributed by atoms with Gasteiger partial charge in [-0.25, -0.2) is 9.97 Å². The molecule has 1 fully saturated rings. The monoisotopic (exact) mass is 471 g/mol. The van der Waals surface area contributed by atoms with Crippen LogP contribution in [0.3, 0.4) is 0 Å². The van der Waals surface area contributed by atoms with Crippen molar-refractivity contribution in [3.63, 3.8) is 0 Å². The number of Topliss-reactive ketones (excluding diaryl/α,β-unsaturated/α-hetero) is 1. The highest BCUT2D eigenvalue weighted by Crippen LogP contribution is 2.34. The number of nitrogens with one attached hydrogen (secondary N) is 1. The first-order chi connectivity index (χ1) is 17.1. The van der Waals surface area contributed by atoms with Crippen LogP contribution in [0.5, 0.6) is 17.2 Å². The maximum absolute atomic E-state index is 12.5. The summed E-state index contributed by atoms with van der Waals surface area (Å²) in [5.41, 5.74) is 3.04. The molecule has 180 valence electrons. The average Bonchev–Trinajstić information content (AvgIpc) is 3.26. The van der Waals surface area contributed by atoms with Crippen LogP contribution in [0.4, 0.5) is 0 Å². The SMILES string of the molecule is COC[C@H](C)Oc1cc(Oc2ccc(C(=O)CC3CCC3)cc2)cc(-c2nc3ncccc3[nH]2)c1. The molecule has 1 atom stereocenters. The highest BCUT2D eigenvalue weighted by atomic mass is 16.5. The van der Waals surface area contributed by atoms with Gasteiger partial charge in [0.05, 0.1) is 12.1 Å². The minimum Gasteiger partial charge on any atom is -0.488 e. The third-order valence-electron chi connectivity index (χ3n) is 6.26. The van der Waals surface area contributed by atoms with Crippen molar-refractivity contribution in [2.75, 3.05) is 13.7 Å². The van der Waals surface area contributed by atoms with Gasteiger partial charge in [-0.2, -0.15) is 0 Å². The first kappa shape index (κ1) is 23.1. The van der Waals surface area contributed by atoms with Crippen LogP contribution >= 0.6 is 0 Å². The summed E-state index contributed by atoms with van der Waals surface area (Å²) in [6.07, 6.45) is 5.78. The van der Waals surface area contributed by atoms with E-state index in [9.17, 15) is 4.79 Å². The van der Waals surface area contributed by atoms with Crippen LogP contribution in [0.1, 0.15) is 43.0 Å². The molecule has 7 heteroatoms. The Labute approximate surface area is 204 Å². The van der Waals surface area contributed by atoms with Gasteiger partial charge in [-0.1, -0.05) is 19.3 Å². The molecule has 0 amide bonds. The number of carbonyl (C=O) groups excluding carboxylic acids is 1. The molecule has 1 aliphatic rings. The molecule has 0 radical (unpaired) electrons. The number of aromatic amines is 1. The van der Waals surface area contributed by atoms with E-state index in [-0.39, 0.29) is 11.9 Å². The molecule has 1 aliphatic carbocycles. The van der Waals surface area contributed by atoms with Crippen LogP contribution in [0.15, 0.2) is 60.8 Å². The van der Waals surface area contributed by atoms with Crippen LogP contribution in [-0.2, 0) is 4.74 Å². The number of hydrogen-bond acceptors (Lipinski definition) is 6.